The second-order valence-electron chi connectivity index (χ2n) is 7.56. The third-order valence-corrected chi connectivity index (χ3v) is 5.80. The maximum atomic E-state index is 13.3. The standard InChI is InChI=1S/C21H20ClFN6O/c1-12(2)20-18(11-25-29(20)15-6-4-14(23)5-7-15)27-9-8-17(21(27)30)28-13(3)19(22)16(10-24)26-28/h4-7,11-12,17H,8-9H2,1-3H3. The maximum Gasteiger partial charge on any atom is 0.252 e. The van der Waals surface area contributed by atoms with E-state index in [-0.39, 0.29) is 28.4 Å². The molecule has 9 heteroatoms. The minimum Gasteiger partial charge on any atom is -0.307 e. The average molecular weight is 427 g/mol. The van der Waals surface area contributed by atoms with Crippen molar-refractivity contribution in [1.29, 1.82) is 5.26 Å². The van der Waals surface area contributed by atoms with Gasteiger partial charge in [0.25, 0.3) is 5.91 Å². The lowest BCUT2D eigenvalue weighted by atomic mass is 10.1. The van der Waals surface area contributed by atoms with Gasteiger partial charge in [-0.1, -0.05) is 25.4 Å². The molecule has 0 radical (unpaired) electrons. The van der Waals surface area contributed by atoms with Gasteiger partial charge in [-0.2, -0.15) is 15.5 Å². The van der Waals surface area contributed by atoms with Crippen molar-refractivity contribution in [1.82, 2.24) is 19.6 Å². The number of anilines is 1. The molecule has 0 aliphatic carbocycles. The number of benzene rings is 1. The van der Waals surface area contributed by atoms with E-state index in [1.807, 2.05) is 19.9 Å². The number of carbonyl (C=O) groups is 1. The number of halogens is 2. The van der Waals surface area contributed by atoms with Gasteiger partial charge in [-0.05, 0) is 43.5 Å². The number of rotatable bonds is 4. The van der Waals surface area contributed by atoms with Gasteiger partial charge < -0.3 is 4.90 Å². The summed E-state index contributed by atoms with van der Waals surface area (Å²) < 4.78 is 16.6. The predicted octanol–water partition coefficient (Wildman–Crippen LogP) is 4.14. The van der Waals surface area contributed by atoms with Crippen molar-refractivity contribution in [2.45, 2.75) is 39.2 Å². The molecular formula is C21H20ClFN6O. The van der Waals surface area contributed by atoms with Gasteiger partial charge in [0, 0.05) is 6.54 Å². The first-order valence-electron chi connectivity index (χ1n) is 9.63. The van der Waals surface area contributed by atoms with Crippen LogP contribution in [0.25, 0.3) is 5.69 Å². The van der Waals surface area contributed by atoms with Crippen LogP contribution in [0, 0.1) is 24.1 Å². The summed E-state index contributed by atoms with van der Waals surface area (Å²) in [5.74, 6) is -0.368. The fourth-order valence-corrected chi connectivity index (χ4v) is 4.06. The Morgan fingerprint density at radius 1 is 1.30 bits per heavy atom. The number of hydrogen-bond acceptors (Lipinski definition) is 4. The van der Waals surface area contributed by atoms with Crippen LogP contribution in [0.1, 0.15) is 49.3 Å². The summed E-state index contributed by atoms with van der Waals surface area (Å²) in [6.45, 7) is 6.29. The van der Waals surface area contributed by atoms with Gasteiger partial charge in [0.05, 0.1) is 34.0 Å². The zero-order valence-corrected chi connectivity index (χ0v) is 17.6. The van der Waals surface area contributed by atoms with E-state index in [9.17, 15) is 14.4 Å². The summed E-state index contributed by atoms with van der Waals surface area (Å²) in [5, 5.41) is 18.2. The number of nitriles is 1. The third kappa shape index (κ3) is 3.15. The molecule has 1 aliphatic heterocycles. The van der Waals surface area contributed by atoms with E-state index < -0.39 is 6.04 Å². The highest BCUT2D eigenvalue weighted by atomic mass is 35.5. The van der Waals surface area contributed by atoms with E-state index >= 15 is 0 Å². The van der Waals surface area contributed by atoms with Gasteiger partial charge in [-0.15, -0.1) is 0 Å². The van der Waals surface area contributed by atoms with Crippen LogP contribution in [0.3, 0.4) is 0 Å². The highest BCUT2D eigenvalue weighted by molar-refractivity contribution is 6.32. The second-order valence-corrected chi connectivity index (χ2v) is 7.93. The molecule has 4 rings (SSSR count). The van der Waals surface area contributed by atoms with Gasteiger partial charge in [-0.25, -0.2) is 9.07 Å². The molecule has 3 heterocycles. The van der Waals surface area contributed by atoms with Crippen LogP contribution in [-0.2, 0) is 4.79 Å². The summed E-state index contributed by atoms with van der Waals surface area (Å²) in [7, 11) is 0. The first kappa shape index (κ1) is 20.1. The van der Waals surface area contributed by atoms with Crippen molar-refractivity contribution < 1.29 is 9.18 Å². The SMILES string of the molecule is Cc1c(Cl)c(C#N)nn1C1CCN(c2cnn(-c3ccc(F)cc3)c2C(C)C)C1=O. The normalized spacial score (nSPS) is 16.5. The molecule has 0 bridgehead atoms. The largest absolute Gasteiger partial charge is 0.307 e. The van der Waals surface area contributed by atoms with Crippen LogP contribution in [0.2, 0.25) is 5.02 Å². The topological polar surface area (TPSA) is 79.7 Å². The maximum absolute atomic E-state index is 13.3. The fourth-order valence-electron chi connectivity index (χ4n) is 3.89. The van der Waals surface area contributed by atoms with Gasteiger partial charge in [0.1, 0.15) is 17.9 Å². The van der Waals surface area contributed by atoms with E-state index in [1.54, 1.807) is 39.5 Å². The Morgan fingerprint density at radius 3 is 2.60 bits per heavy atom. The van der Waals surface area contributed by atoms with Crippen molar-refractivity contribution in [3.05, 3.63) is 58.4 Å². The Labute approximate surface area is 178 Å². The molecule has 1 fully saturated rings. The van der Waals surface area contributed by atoms with Crippen LogP contribution in [0.4, 0.5) is 10.1 Å². The van der Waals surface area contributed by atoms with Crippen molar-refractivity contribution in [3.8, 4) is 11.8 Å². The fraction of sp³-hybridized carbons (Fsp3) is 0.333. The minimum absolute atomic E-state index is 0.0745. The monoisotopic (exact) mass is 426 g/mol. The number of hydrogen-bond donors (Lipinski definition) is 0. The van der Waals surface area contributed by atoms with Crippen LogP contribution in [-0.4, -0.2) is 32.0 Å². The van der Waals surface area contributed by atoms with Crippen molar-refractivity contribution >= 4 is 23.2 Å². The molecular weight excluding hydrogens is 407 g/mol. The number of aromatic nitrogens is 4. The van der Waals surface area contributed by atoms with Gasteiger partial charge in [0.15, 0.2) is 5.69 Å². The number of carbonyl (C=O) groups excluding carboxylic acids is 1. The Kier molecular flexibility index (Phi) is 5.08. The molecule has 2 aromatic heterocycles. The molecule has 0 N–H and O–H groups in total. The molecule has 1 atom stereocenters. The predicted molar refractivity (Wildman–Crippen MR) is 110 cm³/mol. The third-order valence-electron chi connectivity index (χ3n) is 5.35. The first-order chi connectivity index (χ1) is 14.3. The smallest absolute Gasteiger partial charge is 0.252 e. The van der Waals surface area contributed by atoms with Gasteiger partial charge in [-0.3, -0.25) is 9.48 Å². The quantitative estimate of drug-likeness (QED) is 0.627. The average Bonchev–Trinajstić information content (AvgIpc) is 3.39. The molecule has 154 valence electrons. The molecule has 1 amide bonds. The van der Waals surface area contributed by atoms with E-state index in [4.69, 9.17) is 11.6 Å². The first-order valence-corrected chi connectivity index (χ1v) is 10.0. The molecule has 0 spiro atoms. The van der Waals surface area contributed by atoms with E-state index in [0.717, 1.165) is 17.1 Å². The highest BCUT2D eigenvalue weighted by Crippen LogP contribution is 2.36. The molecule has 1 aromatic carbocycles. The van der Waals surface area contributed by atoms with Gasteiger partial charge >= 0.3 is 0 Å². The Bertz CT molecular complexity index is 1160. The second kappa shape index (κ2) is 7.58. The molecule has 7 nitrogen and oxygen atoms in total. The van der Waals surface area contributed by atoms with E-state index in [0.29, 0.717) is 18.7 Å². The Morgan fingerprint density at radius 2 is 2.00 bits per heavy atom. The lowest BCUT2D eigenvalue weighted by Crippen LogP contribution is -2.29. The molecule has 1 saturated heterocycles. The molecule has 1 aliphatic rings. The van der Waals surface area contributed by atoms with E-state index in [1.165, 1.54) is 12.1 Å². The Balaban J connectivity index is 1.71. The molecule has 0 saturated carbocycles. The summed E-state index contributed by atoms with van der Waals surface area (Å²) in [6.07, 6.45) is 2.21. The lowest BCUT2D eigenvalue weighted by Gasteiger charge is -2.20. The minimum atomic E-state index is -0.529. The summed E-state index contributed by atoms with van der Waals surface area (Å²) in [5.41, 5.74) is 3.02. The number of amides is 1. The highest BCUT2D eigenvalue weighted by Gasteiger charge is 2.38. The summed E-state index contributed by atoms with van der Waals surface area (Å²) >= 11 is 6.17. The van der Waals surface area contributed by atoms with Crippen LogP contribution in [0.5, 0.6) is 0 Å². The van der Waals surface area contributed by atoms with Crippen LogP contribution < -0.4 is 4.90 Å². The van der Waals surface area contributed by atoms with E-state index in [2.05, 4.69) is 10.2 Å². The van der Waals surface area contributed by atoms with Crippen molar-refractivity contribution in [2.24, 2.45) is 0 Å². The zero-order valence-electron chi connectivity index (χ0n) is 16.8. The van der Waals surface area contributed by atoms with Crippen LogP contribution >= 0.6 is 11.6 Å². The van der Waals surface area contributed by atoms with Crippen molar-refractivity contribution in [3.63, 3.8) is 0 Å². The zero-order chi connectivity index (χ0) is 21.6. The Hall–Kier alpha value is -3.18. The number of nitrogens with zero attached hydrogens (tertiary/aromatic N) is 6. The lowest BCUT2D eigenvalue weighted by molar-refractivity contribution is -0.120. The van der Waals surface area contributed by atoms with Crippen LogP contribution in [0.15, 0.2) is 30.5 Å². The molecule has 3 aromatic rings. The van der Waals surface area contributed by atoms with Gasteiger partial charge in [0.2, 0.25) is 0 Å². The molecule has 1 unspecified atom stereocenters. The molecule has 30 heavy (non-hydrogen) atoms. The summed E-state index contributed by atoms with van der Waals surface area (Å²) in [4.78, 5) is 15.0. The van der Waals surface area contributed by atoms with Crippen molar-refractivity contribution in [2.75, 3.05) is 11.4 Å². The summed E-state index contributed by atoms with van der Waals surface area (Å²) in [6, 6.07) is 7.51.